The molecule has 5 heteroatoms. The second-order valence-electron chi connectivity index (χ2n) is 4.22. The zero-order valence-corrected chi connectivity index (χ0v) is 11.3. The minimum Gasteiger partial charge on any atom is -0.454 e. The van der Waals surface area contributed by atoms with Gasteiger partial charge in [0.15, 0.2) is 11.5 Å². The van der Waals surface area contributed by atoms with E-state index in [2.05, 4.69) is 16.9 Å². The van der Waals surface area contributed by atoms with Gasteiger partial charge < -0.3 is 19.5 Å². The molecule has 0 unspecified atom stereocenters. The Balaban J connectivity index is 1.76. The van der Waals surface area contributed by atoms with Gasteiger partial charge in [0, 0.05) is 18.0 Å². The number of amidine groups is 1. The van der Waals surface area contributed by atoms with Crippen LogP contribution in [0.25, 0.3) is 0 Å². The maximum atomic E-state index is 5.67. The molecule has 0 saturated carbocycles. The molecule has 0 radical (unpaired) electrons. The SMILES string of the molecule is C=CN=C(Nc1ccc2c(c1)OCO2)Oc1ccccc1. The number of anilines is 1. The summed E-state index contributed by atoms with van der Waals surface area (Å²) in [6.45, 7) is 3.83. The molecule has 1 N–H and O–H groups in total. The van der Waals surface area contributed by atoms with E-state index in [0.717, 1.165) is 11.4 Å². The first-order valence-corrected chi connectivity index (χ1v) is 6.43. The zero-order valence-electron chi connectivity index (χ0n) is 11.3. The fourth-order valence-corrected chi connectivity index (χ4v) is 1.86. The van der Waals surface area contributed by atoms with E-state index < -0.39 is 0 Å². The van der Waals surface area contributed by atoms with Gasteiger partial charge in [-0.15, -0.1) is 0 Å². The molecule has 106 valence electrons. The lowest BCUT2D eigenvalue weighted by Gasteiger charge is -2.11. The molecule has 3 rings (SSSR count). The summed E-state index contributed by atoms with van der Waals surface area (Å²) >= 11 is 0. The van der Waals surface area contributed by atoms with E-state index in [1.54, 1.807) is 0 Å². The van der Waals surface area contributed by atoms with Gasteiger partial charge >= 0.3 is 0 Å². The van der Waals surface area contributed by atoms with Crippen molar-refractivity contribution in [3.05, 3.63) is 61.3 Å². The smallest absolute Gasteiger partial charge is 0.299 e. The second kappa shape index (κ2) is 6.00. The van der Waals surface area contributed by atoms with Crippen LogP contribution in [0.5, 0.6) is 17.2 Å². The van der Waals surface area contributed by atoms with Crippen LogP contribution in [0.1, 0.15) is 0 Å². The van der Waals surface area contributed by atoms with E-state index in [0.29, 0.717) is 17.5 Å². The Kier molecular flexibility index (Phi) is 3.73. The predicted molar refractivity (Wildman–Crippen MR) is 80.9 cm³/mol. The maximum Gasteiger partial charge on any atom is 0.299 e. The highest BCUT2D eigenvalue weighted by Crippen LogP contribution is 2.34. The summed E-state index contributed by atoms with van der Waals surface area (Å²) < 4.78 is 16.3. The highest BCUT2D eigenvalue weighted by Gasteiger charge is 2.14. The molecule has 1 aliphatic rings. The van der Waals surface area contributed by atoms with Crippen molar-refractivity contribution in [3.63, 3.8) is 0 Å². The Morgan fingerprint density at radius 3 is 2.76 bits per heavy atom. The number of hydrogen-bond donors (Lipinski definition) is 1. The number of nitrogens with one attached hydrogen (secondary N) is 1. The Morgan fingerprint density at radius 1 is 1.14 bits per heavy atom. The lowest BCUT2D eigenvalue weighted by atomic mass is 10.3. The lowest BCUT2D eigenvalue weighted by Crippen LogP contribution is -2.19. The van der Waals surface area contributed by atoms with E-state index in [9.17, 15) is 0 Å². The van der Waals surface area contributed by atoms with E-state index >= 15 is 0 Å². The van der Waals surface area contributed by atoms with Crippen molar-refractivity contribution in [2.24, 2.45) is 4.99 Å². The van der Waals surface area contributed by atoms with Gasteiger partial charge in [0.2, 0.25) is 6.79 Å². The molecule has 2 aromatic carbocycles. The Hall–Kier alpha value is -2.95. The molecule has 0 aromatic heterocycles. The molecule has 0 bridgehead atoms. The molecule has 21 heavy (non-hydrogen) atoms. The predicted octanol–water partition coefficient (Wildman–Crippen LogP) is 3.41. The van der Waals surface area contributed by atoms with Gasteiger partial charge in [-0.1, -0.05) is 24.8 Å². The lowest BCUT2D eigenvalue weighted by molar-refractivity contribution is 0.174. The molecule has 0 spiro atoms. The van der Waals surface area contributed by atoms with Crippen molar-refractivity contribution in [1.82, 2.24) is 0 Å². The maximum absolute atomic E-state index is 5.67. The van der Waals surface area contributed by atoms with Gasteiger partial charge in [-0.3, -0.25) is 0 Å². The summed E-state index contributed by atoms with van der Waals surface area (Å²) in [6, 6.07) is 15.2. The third kappa shape index (κ3) is 3.14. The van der Waals surface area contributed by atoms with Crippen molar-refractivity contribution < 1.29 is 14.2 Å². The molecule has 1 aliphatic heterocycles. The average molecular weight is 282 g/mol. The van der Waals surface area contributed by atoms with E-state index in [-0.39, 0.29) is 6.79 Å². The average Bonchev–Trinajstić information content (AvgIpc) is 2.96. The van der Waals surface area contributed by atoms with Crippen molar-refractivity contribution in [1.29, 1.82) is 0 Å². The normalized spacial score (nSPS) is 12.9. The topological polar surface area (TPSA) is 52.1 Å². The number of nitrogens with zero attached hydrogens (tertiary/aromatic N) is 1. The van der Waals surface area contributed by atoms with Crippen LogP contribution in [-0.4, -0.2) is 12.8 Å². The minimum absolute atomic E-state index is 0.243. The number of rotatable bonds is 3. The zero-order chi connectivity index (χ0) is 14.5. The Bertz CT molecular complexity index is 668. The third-order valence-electron chi connectivity index (χ3n) is 2.79. The third-order valence-corrected chi connectivity index (χ3v) is 2.79. The van der Waals surface area contributed by atoms with E-state index in [1.807, 2.05) is 48.5 Å². The summed E-state index contributed by atoms with van der Waals surface area (Å²) in [6.07, 6.45) is 1.41. The van der Waals surface area contributed by atoms with Gasteiger partial charge in [0.1, 0.15) is 5.75 Å². The van der Waals surface area contributed by atoms with Crippen LogP contribution >= 0.6 is 0 Å². The van der Waals surface area contributed by atoms with Gasteiger partial charge in [-0.05, 0) is 24.3 Å². The molecular weight excluding hydrogens is 268 g/mol. The number of ether oxygens (including phenoxy) is 3. The van der Waals surface area contributed by atoms with Crippen LogP contribution in [0.4, 0.5) is 5.69 Å². The van der Waals surface area contributed by atoms with Crippen LogP contribution < -0.4 is 19.5 Å². The second-order valence-corrected chi connectivity index (χ2v) is 4.22. The fraction of sp³-hybridized carbons (Fsp3) is 0.0625. The molecule has 1 heterocycles. The molecule has 0 fully saturated rings. The van der Waals surface area contributed by atoms with Crippen molar-refractivity contribution in [3.8, 4) is 17.2 Å². The number of fused-ring (bicyclic) bond motifs is 1. The first-order valence-electron chi connectivity index (χ1n) is 6.43. The Labute approximate surface area is 122 Å². The molecule has 0 atom stereocenters. The number of aliphatic imine (C=N–C) groups is 1. The number of hydrogen-bond acceptors (Lipinski definition) is 4. The van der Waals surface area contributed by atoms with Gasteiger partial charge in [0.25, 0.3) is 6.02 Å². The van der Waals surface area contributed by atoms with Gasteiger partial charge in [-0.2, -0.15) is 0 Å². The molecule has 0 aliphatic carbocycles. The standard InChI is InChI=1S/C16H14N2O3/c1-2-17-16(21-13-6-4-3-5-7-13)18-12-8-9-14-15(10-12)20-11-19-14/h2-10H,1,11H2,(H,17,18). The summed E-state index contributed by atoms with van der Waals surface area (Å²) in [5.41, 5.74) is 0.788. The first kappa shape index (κ1) is 13.1. The van der Waals surface area contributed by atoms with Crippen LogP contribution in [-0.2, 0) is 0 Å². The highest BCUT2D eigenvalue weighted by molar-refractivity contribution is 5.91. The molecule has 2 aromatic rings. The van der Waals surface area contributed by atoms with E-state index in [4.69, 9.17) is 14.2 Å². The molecule has 5 nitrogen and oxygen atoms in total. The van der Waals surface area contributed by atoms with Crippen LogP contribution in [0.2, 0.25) is 0 Å². The number of para-hydroxylation sites is 1. The van der Waals surface area contributed by atoms with Crippen LogP contribution in [0.15, 0.2) is 66.3 Å². The van der Waals surface area contributed by atoms with Gasteiger partial charge in [-0.25, -0.2) is 4.99 Å². The highest BCUT2D eigenvalue weighted by atomic mass is 16.7. The minimum atomic E-state index is 0.243. The molecule has 0 saturated heterocycles. The summed E-state index contributed by atoms with van der Waals surface area (Å²) in [4.78, 5) is 4.08. The fourth-order valence-electron chi connectivity index (χ4n) is 1.86. The van der Waals surface area contributed by atoms with Gasteiger partial charge in [0.05, 0.1) is 0 Å². The molecule has 0 amide bonds. The first-order chi connectivity index (χ1) is 10.3. The number of benzene rings is 2. The van der Waals surface area contributed by atoms with E-state index in [1.165, 1.54) is 6.20 Å². The molecular formula is C16H14N2O3. The quantitative estimate of drug-likeness (QED) is 0.692. The van der Waals surface area contributed by atoms with Crippen LogP contribution in [0, 0.1) is 0 Å². The van der Waals surface area contributed by atoms with Crippen molar-refractivity contribution in [2.75, 3.05) is 12.1 Å². The monoisotopic (exact) mass is 282 g/mol. The van der Waals surface area contributed by atoms with Crippen molar-refractivity contribution in [2.45, 2.75) is 0 Å². The largest absolute Gasteiger partial charge is 0.454 e. The van der Waals surface area contributed by atoms with Crippen LogP contribution in [0.3, 0.4) is 0 Å². The Morgan fingerprint density at radius 2 is 1.95 bits per heavy atom. The summed E-state index contributed by atoms with van der Waals surface area (Å²) in [5.74, 6) is 2.11. The summed E-state index contributed by atoms with van der Waals surface area (Å²) in [5, 5.41) is 3.08. The summed E-state index contributed by atoms with van der Waals surface area (Å²) in [7, 11) is 0. The van der Waals surface area contributed by atoms with Crippen molar-refractivity contribution >= 4 is 11.7 Å².